The van der Waals surface area contributed by atoms with Gasteiger partial charge in [-0.25, -0.2) is 4.98 Å². The van der Waals surface area contributed by atoms with E-state index in [2.05, 4.69) is 35.8 Å². The van der Waals surface area contributed by atoms with Crippen molar-refractivity contribution in [3.8, 4) is 0 Å². The number of nitrogens with one attached hydrogen (secondary N) is 2. The standard InChI is InChI=1S/C16H20ClN3/c1-3-4-5-6-14(13-9-10-18-19-11-13)16-12(2)7-8-15(17)20-16/h6-11,18-19H,3-5H2,1-2H3/b14-6-. The van der Waals surface area contributed by atoms with Gasteiger partial charge in [0, 0.05) is 23.5 Å². The van der Waals surface area contributed by atoms with Gasteiger partial charge in [0.15, 0.2) is 0 Å². The van der Waals surface area contributed by atoms with Crippen LogP contribution in [0.4, 0.5) is 0 Å². The van der Waals surface area contributed by atoms with E-state index < -0.39 is 0 Å². The van der Waals surface area contributed by atoms with Gasteiger partial charge in [-0.05, 0) is 31.1 Å². The summed E-state index contributed by atoms with van der Waals surface area (Å²) in [4.78, 5) is 4.50. The number of hydrazine groups is 1. The second kappa shape index (κ2) is 7.15. The molecule has 0 aromatic carbocycles. The van der Waals surface area contributed by atoms with E-state index in [-0.39, 0.29) is 0 Å². The Balaban J connectivity index is 2.40. The Bertz CT molecular complexity index is 559. The molecular weight excluding hydrogens is 270 g/mol. The van der Waals surface area contributed by atoms with Crippen molar-refractivity contribution < 1.29 is 0 Å². The number of allylic oxidation sites excluding steroid dienone is 4. The van der Waals surface area contributed by atoms with E-state index in [1.807, 2.05) is 30.6 Å². The first kappa shape index (κ1) is 14.7. The molecule has 0 radical (unpaired) electrons. The molecule has 0 fully saturated rings. The second-order valence-corrected chi connectivity index (χ2v) is 5.17. The van der Waals surface area contributed by atoms with Gasteiger partial charge in [-0.2, -0.15) is 0 Å². The minimum absolute atomic E-state index is 0.526. The zero-order valence-electron chi connectivity index (χ0n) is 11.9. The molecule has 0 spiro atoms. The van der Waals surface area contributed by atoms with Crippen LogP contribution in [0.3, 0.4) is 0 Å². The van der Waals surface area contributed by atoms with Crippen LogP contribution in [-0.4, -0.2) is 4.98 Å². The molecule has 1 aromatic heterocycles. The predicted octanol–water partition coefficient (Wildman–Crippen LogP) is 4.12. The first-order chi connectivity index (χ1) is 9.72. The van der Waals surface area contributed by atoms with Gasteiger partial charge in [0.2, 0.25) is 0 Å². The van der Waals surface area contributed by atoms with Crippen molar-refractivity contribution in [1.29, 1.82) is 0 Å². The van der Waals surface area contributed by atoms with E-state index in [9.17, 15) is 0 Å². The Kier molecular flexibility index (Phi) is 5.24. The Morgan fingerprint density at radius 1 is 1.35 bits per heavy atom. The smallest absolute Gasteiger partial charge is 0.129 e. The molecule has 20 heavy (non-hydrogen) atoms. The molecule has 0 unspecified atom stereocenters. The quantitative estimate of drug-likeness (QED) is 0.632. The van der Waals surface area contributed by atoms with E-state index in [4.69, 9.17) is 11.6 Å². The Morgan fingerprint density at radius 3 is 2.90 bits per heavy atom. The van der Waals surface area contributed by atoms with Gasteiger partial charge < -0.3 is 10.9 Å². The van der Waals surface area contributed by atoms with Crippen LogP contribution in [-0.2, 0) is 0 Å². The van der Waals surface area contributed by atoms with E-state index in [1.54, 1.807) is 0 Å². The summed E-state index contributed by atoms with van der Waals surface area (Å²) in [7, 11) is 0. The normalized spacial score (nSPS) is 14.6. The van der Waals surface area contributed by atoms with Crippen LogP contribution in [0.2, 0.25) is 5.15 Å². The fraction of sp³-hybridized carbons (Fsp3) is 0.312. The maximum atomic E-state index is 6.06. The van der Waals surface area contributed by atoms with Gasteiger partial charge >= 0.3 is 0 Å². The molecule has 0 atom stereocenters. The predicted molar refractivity (Wildman–Crippen MR) is 85.0 cm³/mol. The lowest BCUT2D eigenvalue weighted by atomic mass is 9.97. The number of aryl methyl sites for hydroxylation is 1. The minimum atomic E-state index is 0.526. The fourth-order valence-corrected chi connectivity index (χ4v) is 2.24. The highest BCUT2D eigenvalue weighted by atomic mass is 35.5. The number of hydrogen-bond donors (Lipinski definition) is 2. The molecule has 2 rings (SSSR count). The van der Waals surface area contributed by atoms with Crippen LogP contribution in [0.1, 0.15) is 37.4 Å². The third-order valence-electron chi connectivity index (χ3n) is 3.19. The summed E-state index contributed by atoms with van der Waals surface area (Å²) >= 11 is 6.06. The average molecular weight is 290 g/mol. The lowest BCUT2D eigenvalue weighted by Crippen LogP contribution is -2.23. The highest BCUT2D eigenvalue weighted by Gasteiger charge is 2.12. The van der Waals surface area contributed by atoms with Gasteiger partial charge in [-0.1, -0.05) is 43.5 Å². The summed E-state index contributed by atoms with van der Waals surface area (Å²) in [5.74, 6) is 0. The average Bonchev–Trinajstić information content (AvgIpc) is 2.48. The Labute approximate surface area is 125 Å². The second-order valence-electron chi connectivity index (χ2n) is 4.78. The molecule has 0 saturated heterocycles. The van der Waals surface area contributed by atoms with Crippen LogP contribution in [0.15, 0.2) is 42.3 Å². The Hall–Kier alpha value is -1.74. The highest BCUT2D eigenvalue weighted by molar-refractivity contribution is 6.29. The number of rotatable bonds is 5. The summed E-state index contributed by atoms with van der Waals surface area (Å²) in [6.45, 7) is 4.26. The monoisotopic (exact) mass is 289 g/mol. The van der Waals surface area contributed by atoms with Crippen LogP contribution >= 0.6 is 11.6 Å². The number of halogens is 1. The van der Waals surface area contributed by atoms with Gasteiger partial charge in [-0.3, -0.25) is 0 Å². The largest absolute Gasteiger partial charge is 0.309 e. The van der Waals surface area contributed by atoms with Crippen molar-refractivity contribution in [3.63, 3.8) is 0 Å². The zero-order valence-corrected chi connectivity index (χ0v) is 12.7. The topological polar surface area (TPSA) is 37.0 Å². The summed E-state index contributed by atoms with van der Waals surface area (Å²) in [5.41, 5.74) is 10.3. The van der Waals surface area contributed by atoms with Gasteiger partial charge in [0.05, 0.1) is 5.69 Å². The van der Waals surface area contributed by atoms with Gasteiger partial charge in [-0.15, -0.1) is 0 Å². The molecule has 0 aliphatic carbocycles. The summed E-state index contributed by atoms with van der Waals surface area (Å²) in [5, 5.41) is 0.526. The highest BCUT2D eigenvalue weighted by Crippen LogP contribution is 2.27. The van der Waals surface area contributed by atoms with E-state index >= 15 is 0 Å². The lowest BCUT2D eigenvalue weighted by molar-refractivity contribution is 0.762. The van der Waals surface area contributed by atoms with Crippen molar-refractivity contribution in [2.75, 3.05) is 0 Å². The molecule has 1 aliphatic heterocycles. The van der Waals surface area contributed by atoms with Crippen molar-refractivity contribution in [1.82, 2.24) is 15.8 Å². The molecule has 1 aliphatic rings. The molecule has 3 nitrogen and oxygen atoms in total. The SMILES string of the molecule is CCCC/C=C(/C1=CNNC=C1)c1nc(Cl)ccc1C. The molecule has 4 heteroatoms. The number of pyridine rings is 1. The van der Waals surface area contributed by atoms with Crippen LogP contribution < -0.4 is 10.9 Å². The van der Waals surface area contributed by atoms with E-state index in [1.165, 1.54) is 12.8 Å². The first-order valence-corrected chi connectivity index (χ1v) is 7.32. The van der Waals surface area contributed by atoms with Crippen LogP contribution in [0.25, 0.3) is 5.57 Å². The number of aromatic nitrogens is 1. The number of nitrogens with zero attached hydrogens (tertiary/aromatic N) is 1. The van der Waals surface area contributed by atoms with Crippen molar-refractivity contribution in [2.45, 2.75) is 33.1 Å². The molecule has 0 amide bonds. The Morgan fingerprint density at radius 2 is 2.20 bits per heavy atom. The molecule has 1 aromatic rings. The van der Waals surface area contributed by atoms with E-state index in [0.717, 1.165) is 28.8 Å². The number of unbranched alkanes of at least 4 members (excludes halogenated alkanes) is 2. The molecular formula is C16H20ClN3. The zero-order chi connectivity index (χ0) is 14.4. The summed E-state index contributed by atoms with van der Waals surface area (Å²) < 4.78 is 0. The van der Waals surface area contributed by atoms with Crippen molar-refractivity contribution in [3.05, 3.63) is 58.7 Å². The van der Waals surface area contributed by atoms with Gasteiger partial charge in [0.1, 0.15) is 5.15 Å². The van der Waals surface area contributed by atoms with Crippen molar-refractivity contribution >= 4 is 17.2 Å². The lowest BCUT2D eigenvalue weighted by Gasteiger charge is -2.15. The third-order valence-corrected chi connectivity index (χ3v) is 3.40. The first-order valence-electron chi connectivity index (χ1n) is 6.94. The molecule has 0 bridgehead atoms. The van der Waals surface area contributed by atoms with Crippen LogP contribution in [0.5, 0.6) is 0 Å². The minimum Gasteiger partial charge on any atom is -0.309 e. The molecule has 2 heterocycles. The maximum Gasteiger partial charge on any atom is 0.129 e. The summed E-state index contributed by atoms with van der Waals surface area (Å²) in [6, 6.07) is 3.84. The van der Waals surface area contributed by atoms with Gasteiger partial charge in [0.25, 0.3) is 0 Å². The number of hydrogen-bond acceptors (Lipinski definition) is 3. The molecule has 2 N–H and O–H groups in total. The summed E-state index contributed by atoms with van der Waals surface area (Å²) in [6.07, 6.45) is 11.5. The molecule has 0 saturated carbocycles. The third kappa shape index (κ3) is 3.64. The van der Waals surface area contributed by atoms with Crippen LogP contribution in [0, 0.1) is 6.92 Å². The fourth-order valence-electron chi connectivity index (χ4n) is 2.09. The molecule has 106 valence electrons. The maximum absolute atomic E-state index is 6.06. The van der Waals surface area contributed by atoms with E-state index in [0.29, 0.717) is 5.15 Å². The van der Waals surface area contributed by atoms with Crippen molar-refractivity contribution in [2.24, 2.45) is 0 Å².